The van der Waals surface area contributed by atoms with E-state index in [1.54, 1.807) is 37.1 Å². The number of aromatic nitrogens is 1. The molecule has 1 amide bonds. The first-order chi connectivity index (χ1) is 13.7. The highest BCUT2D eigenvalue weighted by molar-refractivity contribution is 7.98. The monoisotopic (exact) mass is 416 g/mol. The van der Waals surface area contributed by atoms with Gasteiger partial charge in [-0.1, -0.05) is 23.5 Å². The zero-order valence-corrected chi connectivity index (χ0v) is 17.3. The molecule has 146 valence electrons. The Morgan fingerprint density at radius 2 is 2.00 bits per heavy atom. The van der Waals surface area contributed by atoms with Crippen molar-refractivity contribution in [1.29, 1.82) is 0 Å². The summed E-state index contributed by atoms with van der Waals surface area (Å²) < 4.78 is 19.8. The maximum atomic E-state index is 12.8. The Bertz CT molecular complexity index is 1090. The van der Waals surface area contributed by atoms with Gasteiger partial charge in [-0.25, -0.2) is 0 Å². The van der Waals surface area contributed by atoms with Crippen molar-refractivity contribution < 1.29 is 19.0 Å². The highest BCUT2D eigenvalue weighted by Gasteiger charge is 2.17. The Labute approximate surface area is 170 Å². The van der Waals surface area contributed by atoms with Crippen molar-refractivity contribution in [2.75, 3.05) is 32.3 Å². The summed E-state index contributed by atoms with van der Waals surface area (Å²) in [4.78, 5) is 17.9. The minimum Gasteiger partial charge on any atom is -0.496 e. The number of thioether (sulfide) groups is 1. The molecule has 0 fully saturated rings. The van der Waals surface area contributed by atoms with Gasteiger partial charge in [0.05, 0.1) is 22.9 Å². The zero-order chi connectivity index (χ0) is 19.5. The maximum Gasteiger partial charge on any atom is 0.283 e. The summed E-state index contributed by atoms with van der Waals surface area (Å²) in [6.45, 7) is 1.83. The Hall–Kier alpha value is -2.45. The summed E-state index contributed by atoms with van der Waals surface area (Å²) in [5.41, 5.74) is 1.44. The first-order valence-corrected chi connectivity index (χ1v) is 11.1. The van der Waals surface area contributed by atoms with E-state index in [2.05, 4.69) is 15.8 Å². The molecule has 0 radical (unpaired) electrons. The van der Waals surface area contributed by atoms with E-state index in [1.807, 2.05) is 18.2 Å². The van der Waals surface area contributed by atoms with Gasteiger partial charge in [0.15, 0.2) is 16.3 Å². The average molecular weight is 417 g/mol. The van der Waals surface area contributed by atoms with Crippen LogP contribution in [-0.2, 0) is 6.54 Å². The lowest BCUT2D eigenvalue weighted by molar-refractivity contribution is 0.0995. The quantitative estimate of drug-likeness (QED) is 0.636. The van der Waals surface area contributed by atoms with E-state index >= 15 is 0 Å². The van der Waals surface area contributed by atoms with Crippen LogP contribution < -0.4 is 19.0 Å². The van der Waals surface area contributed by atoms with E-state index in [0.717, 1.165) is 34.0 Å². The number of carbonyl (C=O) groups excluding carboxylic acids is 1. The molecule has 4 rings (SSSR count). The molecule has 3 aromatic rings. The minimum atomic E-state index is -0.320. The van der Waals surface area contributed by atoms with Crippen LogP contribution >= 0.6 is 23.1 Å². The normalized spacial score (nSPS) is 13.7. The summed E-state index contributed by atoms with van der Waals surface area (Å²) in [6.07, 6.45) is 2.06. The van der Waals surface area contributed by atoms with E-state index in [0.29, 0.717) is 29.3 Å². The van der Waals surface area contributed by atoms with Gasteiger partial charge >= 0.3 is 0 Å². The Morgan fingerprint density at radius 1 is 1.25 bits per heavy atom. The van der Waals surface area contributed by atoms with Crippen LogP contribution in [0.3, 0.4) is 0 Å². The maximum absolute atomic E-state index is 12.8. The summed E-state index contributed by atoms with van der Waals surface area (Å²) in [5, 5.41) is 0. The first kappa shape index (κ1) is 18.9. The number of hydrogen-bond acceptors (Lipinski definition) is 6. The van der Waals surface area contributed by atoms with Crippen molar-refractivity contribution in [3.63, 3.8) is 0 Å². The van der Waals surface area contributed by atoms with Gasteiger partial charge in [0.2, 0.25) is 0 Å². The van der Waals surface area contributed by atoms with Gasteiger partial charge < -0.3 is 18.8 Å². The Kier molecular flexibility index (Phi) is 5.59. The van der Waals surface area contributed by atoms with E-state index in [9.17, 15) is 4.79 Å². The van der Waals surface area contributed by atoms with E-state index in [-0.39, 0.29) is 5.91 Å². The Balaban J connectivity index is 1.84. The number of thiazole rings is 1. The smallest absolute Gasteiger partial charge is 0.283 e. The molecule has 0 N–H and O–H groups in total. The standard InChI is InChI=1S/C20H20N2O4S2/c1-24-15-6-4-3-5-13(15)19(23)21-20-22(7-10-27-2)14-11-16-17(12-18(14)28-20)26-9-8-25-16/h3-6,11-12H,7-10H2,1-2H3. The van der Waals surface area contributed by atoms with Crippen molar-refractivity contribution in [1.82, 2.24) is 4.57 Å². The third-order valence-electron chi connectivity index (χ3n) is 4.40. The largest absolute Gasteiger partial charge is 0.496 e. The molecule has 8 heteroatoms. The number of aryl methyl sites for hydroxylation is 1. The SMILES string of the molecule is COc1ccccc1C(=O)N=c1sc2cc3c(cc2n1CCSC)OCCO3. The molecule has 2 heterocycles. The topological polar surface area (TPSA) is 62.0 Å². The van der Waals surface area contributed by atoms with Crippen molar-refractivity contribution in [2.24, 2.45) is 4.99 Å². The fraction of sp³-hybridized carbons (Fsp3) is 0.300. The van der Waals surface area contributed by atoms with Gasteiger partial charge in [-0.2, -0.15) is 16.8 Å². The fourth-order valence-corrected chi connectivity index (χ4v) is 4.49. The summed E-state index contributed by atoms with van der Waals surface area (Å²) in [5.74, 6) is 2.58. The number of rotatable bonds is 5. The average Bonchev–Trinajstić information content (AvgIpc) is 3.06. The number of nitrogens with zero attached hydrogens (tertiary/aromatic N) is 2. The van der Waals surface area contributed by atoms with Crippen LogP contribution in [-0.4, -0.2) is 42.8 Å². The minimum absolute atomic E-state index is 0.320. The van der Waals surface area contributed by atoms with Gasteiger partial charge in [0.25, 0.3) is 5.91 Å². The summed E-state index contributed by atoms with van der Waals surface area (Å²) in [6, 6.07) is 11.1. The molecule has 0 saturated heterocycles. The van der Waals surface area contributed by atoms with Crippen LogP contribution in [0.15, 0.2) is 41.4 Å². The lowest BCUT2D eigenvalue weighted by Crippen LogP contribution is -2.19. The van der Waals surface area contributed by atoms with Crippen LogP contribution in [0.1, 0.15) is 10.4 Å². The zero-order valence-electron chi connectivity index (χ0n) is 15.6. The van der Waals surface area contributed by atoms with Gasteiger partial charge in [-0.3, -0.25) is 4.79 Å². The number of methoxy groups -OCH3 is 1. The van der Waals surface area contributed by atoms with Crippen LogP contribution in [0, 0.1) is 0 Å². The van der Waals surface area contributed by atoms with Crippen molar-refractivity contribution >= 4 is 39.2 Å². The number of hydrogen-bond donors (Lipinski definition) is 0. The predicted octanol–water partition coefficient (Wildman–Crippen LogP) is 3.59. The molecule has 0 spiro atoms. The fourth-order valence-electron chi connectivity index (χ4n) is 3.06. The third-order valence-corrected chi connectivity index (χ3v) is 6.03. The van der Waals surface area contributed by atoms with Gasteiger partial charge in [-0.15, -0.1) is 0 Å². The molecule has 0 bridgehead atoms. The van der Waals surface area contributed by atoms with Crippen LogP contribution in [0.25, 0.3) is 10.2 Å². The third kappa shape index (κ3) is 3.62. The first-order valence-electron chi connectivity index (χ1n) is 8.85. The molecule has 0 aliphatic carbocycles. The highest BCUT2D eigenvalue weighted by Crippen LogP contribution is 2.35. The molecule has 2 aromatic carbocycles. The number of fused-ring (bicyclic) bond motifs is 2. The number of ether oxygens (including phenoxy) is 3. The molecule has 0 atom stereocenters. The van der Waals surface area contributed by atoms with Gasteiger partial charge in [-0.05, 0) is 18.4 Å². The molecule has 1 aliphatic heterocycles. The van der Waals surface area contributed by atoms with Crippen molar-refractivity contribution in [3.05, 3.63) is 46.8 Å². The second-order valence-corrected chi connectivity index (χ2v) is 8.10. The van der Waals surface area contributed by atoms with Crippen molar-refractivity contribution in [2.45, 2.75) is 6.54 Å². The highest BCUT2D eigenvalue weighted by atomic mass is 32.2. The van der Waals surface area contributed by atoms with Crippen LogP contribution in [0.2, 0.25) is 0 Å². The van der Waals surface area contributed by atoms with Crippen molar-refractivity contribution in [3.8, 4) is 17.2 Å². The van der Waals surface area contributed by atoms with E-state index < -0.39 is 0 Å². The van der Waals surface area contributed by atoms with E-state index in [1.165, 1.54) is 11.3 Å². The lowest BCUT2D eigenvalue weighted by Gasteiger charge is -2.18. The molecular weight excluding hydrogens is 396 g/mol. The number of carbonyl (C=O) groups is 1. The molecule has 1 aromatic heterocycles. The van der Waals surface area contributed by atoms with Gasteiger partial charge in [0.1, 0.15) is 19.0 Å². The molecule has 1 aliphatic rings. The second kappa shape index (κ2) is 8.28. The second-order valence-electron chi connectivity index (χ2n) is 6.11. The van der Waals surface area contributed by atoms with Crippen LogP contribution in [0.5, 0.6) is 17.2 Å². The molecule has 0 unspecified atom stereocenters. The molecule has 28 heavy (non-hydrogen) atoms. The Morgan fingerprint density at radius 3 is 2.75 bits per heavy atom. The number of benzene rings is 2. The molecule has 6 nitrogen and oxygen atoms in total. The molecule has 0 saturated carbocycles. The lowest BCUT2D eigenvalue weighted by atomic mass is 10.2. The summed E-state index contributed by atoms with van der Waals surface area (Å²) in [7, 11) is 1.55. The molecular formula is C20H20N2O4S2. The predicted molar refractivity (Wildman–Crippen MR) is 112 cm³/mol. The number of amides is 1. The van der Waals surface area contributed by atoms with E-state index in [4.69, 9.17) is 14.2 Å². The van der Waals surface area contributed by atoms with Gasteiger partial charge in [0, 0.05) is 24.4 Å². The summed E-state index contributed by atoms with van der Waals surface area (Å²) >= 11 is 3.22. The number of para-hydroxylation sites is 1. The van der Waals surface area contributed by atoms with Crippen LogP contribution in [0.4, 0.5) is 0 Å².